The van der Waals surface area contributed by atoms with Crippen molar-refractivity contribution < 1.29 is 0 Å². The van der Waals surface area contributed by atoms with Crippen LogP contribution in [0.25, 0.3) is 5.57 Å². The SMILES string of the molecule is Cn1cccc1C1=[C]CC=C1. The van der Waals surface area contributed by atoms with Crippen molar-refractivity contribution in [3.63, 3.8) is 0 Å². The van der Waals surface area contributed by atoms with Crippen LogP contribution in [0.4, 0.5) is 0 Å². The first kappa shape index (κ1) is 6.47. The zero-order chi connectivity index (χ0) is 7.68. The van der Waals surface area contributed by atoms with Crippen LogP contribution in [0.2, 0.25) is 0 Å². The van der Waals surface area contributed by atoms with Crippen molar-refractivity contribution in [2.45, 2.75) is 6.42 Å². The molecule has 0 amide bonds. The van der Waals surface area contributed by atoms with Gasteiger partial charge in [0, 0.05) is 24.5 Å². The molecule has 0 aromatic carbocycles. The van der Waals surface area contributed by atoms with Crippen LogP contribution in [-0.4, -0.2) is 4.57 Å². The van der Waals surface area contributed by atoms with Gasteiger partial charge in [0.25, 0.3) is 0 Å². The number of rotatable bonds is 1. The van der Waals surface area contributed by atoms with Gasteiger partial charge in [-0.15, -0.1) is 0 Å². The summed E-state index contributed by atoms with van der Waals surface area (Å²) in [4.78, 5) is 0. The van der Waals surface area contributed by atoms with Crippen molar-refractivity contribution in [1.29, 1.82) is 0 Å². The van der Waals surface area contributed by atoms with Gasteiger partial charge in [0.1, 0.15) is 0 Å². The van der Waals surface area contributed by atoms with E-state index in [9.17, 15) is 0 Å². The maximum Gasteiger partial charge on any atom is 0.0480 e. The summed E-state index contributed by atoms with van der Waals surface area (Å²) in [5.74, 6) is 0. The van der Waals surface area contributed by atoms with Gasteiger partial charge >= 0.3 is 0 Å². The van der Waals surface area contributed by atoms with Crippen molar-refractivity contribution in [1.82, 2.24) is 4.57 Å². The fourth-order valence-electron chi connectivity index (χ4n) is 1.32. The molecular formula is C10H10N. The molecule has 0 spiro atoms. The molecule has 1 aliphatic rings. The predicted molar refractivity (Wildman–Crippen MR) is 45.8 cm³/mol. The highest BCUT2D eigenvalue weighted by Gasteiger charge is 2.03. The molecule has 0 aliphatic heterocycles. The van der Waals surface area contributed by atoms with E-state index in [2.05, 4.69) is 48.2 Å². The minimum atomic E-state index is 0.959. The Morgan fingerprint density at radius 1 is 1.55 bits per heavy atom. The highest BCUT2D eigenvalue weighted by Crippen LogP contribution is 2.20. The highest BCUT2D eigenvalue weighted by molar-refractivity contribution is 5.72. The quantitative estimate of drug-likeness (QED) is 0.569. The summed E-state index contributed by atoms with van der Waals surface area (Å²) in [7, 11) is 2.05. The van der Waals surface area contributed by atoms with E-state index >= 15 is 0 Å². The summed E-state index contributed by atoms with van der Waals surface area (Å²) in [5, 5.41) is 0. The van der Waals surface area contributed by atoms with Crippen molar-refractivity contribution in [2.75, 3.05) is 0 Å². The van der Waals surface area contributed by atoms with Gasteiger partial charge in [-0.05, 0) is 24.6 Å². The van der Waals surface area contributed by atoms with Gasteiger partial charge in [0.2, 0.25) is 0 Å². The standard InChI is InChI=1S/C10H10N/c1-11-8-4-7-10(11)9-5-2-3-6-9/h2,4-5,7-8H,3H2,1H3. The van der Waals surface area contributed by atoms with Gasteiger partial charge in [-0.1, -0.05) is 12.2 Å². The average molecular weight is 144 g/mol. The maximum absolute atomic E-state index is 3.28. The predicted octanol–water partition coefficient (Wildman–Crippen LogP) is 2.17. The third kappa shape index (κ3) is 1.03. The Morgan fingerprint density at radius 2 is 2.45 bits per heavy atom. The van der Waals surface area contributed by atoms with Gasteiger partial charge in [0.05, 0.1) is 0 Å². The van der Waals surface area contributed by atoms with Crippen LogP contribution in [0.5, 0.6) is 0 Å². The lowest BCUT2D eigenvalue weighted by molar-refractivity contribution is 0.910. The molecule has 1 heterocycles. The molecule has 55 valence electrons. The molecule has 1 nitrogen and oxygen atoms in total. The largest absolute Gasteiger partial charge is 0.351 e. The van der Waals surface area contributed by atoms with Crippen molar-refractivity contribution in [3.8, 4) is 0 Å². The van der Waals surface area contributed by atoms with E-state index in [1.165, 1.54) is 11.3 Å². The molecule has 11 heavy (non-hydrogen) atoms. The van der Waals surface area contributed by atoms with Crippen molar-refractivity contribution in [2.24, 2.45) is 7.05 Å². The number of hydrogen-bond donors (Lipinski definition) is 0. The fraction of sp³-hybridized carbons (Fsp3) is 0.200. The maximum atomic E-state index is 3.28. The molecule has 1 aromatic heterocycles. The van der Waals surface area contributed by atoms with E-state index in [1.807, 2.05) is 0 Å². The van der Waals surface area contributed by atoms with Crippen LogP contribution < -0.4 is 0 Å². The Morgan fingerprint density at radius 3 is 3.00 bits per heavy atom. The number of hydrogen-bond acceptors (Lipinski definition) is 0. The molecular weight excluding hydrogens is 134 g/mol. The molecule has 0 saturated heterocycles. The summed E-state index contributed by atoms with van der Waals surface area (Å²) in [5.41, 5.74) is 2.47. The summed E-state index contributed by atoms with van der Waals surface area (Å²) in [6.45, 7) is 0. The topological polar surface area (TPSA) is 4.93 Å². The van der Waals surface area contributed by atoms with Crippen LogP contribution in [0.15, 0.2) is 30.5 Å². The minimum absolute atomic E-state index is 0.959. The third-order valence-corrected chi connectivity index (χ3v) is 1.91. The number of allylic oxidation sites excluding steroid dienone is 4. The Balaban J connectivity index is 2.43. The molecule has 0 atom stereocenters. The van der Waals surface area contributed by atoms with Crippen LogP contribution in [0.1, 0.15) is 12.1 Å². The van der Waals surface area contributed by atoms with Crippen molar-refractivity contribution >= 4 is 5.57 Å². The first-order valence-corrected chi connectivity index (χ1v) is 3.77. The Hall–Kier alpha value is -1.24. The Labute approximate surface area is 66.7 Å². The molecule has 0 fully saturated rings. The molecule has 0 saturated carbocycles. The second-order valence-corrected chi connectivity index (χ2v) is 2.70. The lowest BCUT2D eigenvalue weighted by atomic mass is 10.2. The zero-order valence-corrected chi connectivity index (χ0v) is 6.54. The summed E-state index contributed by atoms with van der Waals surface area (Å²) >= 11 is 0. The second-order valence-electron chi connectivity index (χ2n) is 2.70. The average Bonchev–Trinajstić information content (AvgIpc) is 2.55. The van der Waals surface area contributed by atoms with Gasteiger partial charge in [-0.25, -0.2) is 0 Å². The molecule has 1 aliphatic carbocycles. The molecule has 2 rings (SSSR count). The lowest BCUT2D eigenvalue weighted by Gasteiger charge is -2.00. The molecule has 0 unspecified atom stereocenters. The minimum Gasteiger partial charge on any atom is -0.351 e. The van der Waals surface area contributed by atoms with Gasteiger partial charge < -0.3 is 4.57 Å². The molecule has 1 aromatic rings. The monoisotopic (exact) mass is 144 g/mol. The third-order valence-electron chi connectivity index (χ3n) is 1.91. The molecule has 1 heteroatoms. The van der Waals surface area contributed by atoms with Gasteiger partial charge in [0.15, 0.2) is 0 Å². The van der Waals surface area contributed by atoms with Crippen molar-refractivity contribution in [3.05, 3.63) is 42.3 Å². The van der Waals surface area contributed by atoms with Crippen LogP contribution in [-0.2, 0) is 7.05 Å². The number of nitrogens with zero attached hydrogens (tertiary/aromatic N) is 1. The van der Waals surface area contributed by atoms with Crippen LogP contribution >= 0.6 is 0 Å². The smallest absolute Gasteiger partial charge is 0.0480 e. The van der Waals surface area contributed by atoms with Crippen LogP contribution in [0.3, 0.4) is 0 Å². The van der Waals surface area contributed by atoms with Crippen LogP contribution in [0, 0.1) is 6.08 Å². The van der Waals surface area contributed by atoms with E-state index in [0.29, 0.717) is 0 Å². The molecule has 0 bridgehead atoms. The Kier molecular flexibility index (Phi) is 1.42. The Bertz CT molecular complexity index is 315. The normalized spacial score (nSPS) is 15.5. The summed E-state index contributed by atoms with van der Waals surface area (Å²) < 4.78 is 2.11. The van der Waals surface area contributed by atoms with E-state index in [-0.39, 0.29) is 0 Å². The first-order chi connectivity index (χ1) is 5.38. The van der Waals surface area contributed by atoms with E-state index in [0.717, 1.165) is 6.42 Å². The summed E-state index contributed by atoms with van der Waals surface area (Å²) in [6.07, 6.45) is 10.5. The summed E-state index contributed by atoms with van der Waals surface area (Å²) in [6, 6.07) is 4.16. The lowest BCUT2D eigenvalue weighted by Crippen LogP contribution is -1.90. The van der Waals surface area contributed by atoms with E-state index in [1.54, 1.807) is 0 Å². The van der Waals surface area contributed by atoms with E-state index < -0.39 is 0 Å². The zero-order valence-electron chi connectivity index (χ0n) is 6.54. The second kappa shape index (κ2) is 2.42. The number of aromatic nitrogens is 1. The molecule has 1 radical (unpaired) electrons. The highest BCUT2D eigenvalue weighted by atomic mass is 14.9. The first-order valence-electron chi connectivity index (χ1n) is 3.77. The van der Waals surface area contributed by atoms with E-state index in [4.69, 9.17) is 0 Å². The number of aryl methyl sites for hydroxylation is 1. The molecule has 0 N–H and O–H groups in total. The van der Waals surface area contributed by atoms with Gasteiger partial charge in [-0.2, -0.15) is 0 Å². The van der Waals surface area contributed by atoms with Gasteiger partial charge in [-0.3, -0.25) is 0 Å². The fourth-order valence-corrected chi connectivity index (χ4v) is 1.32.